The van der Waals surface area contributed by atoms with Gasteiger partial charge in [0.05, 0.1) is 11.6 Å². The number of nitrogens with zero attached hydrogens (tertiary/aromatic N) is 3. The largest absolute Gasteiger partial charge is 0.339 e. The number of hydrogen-bond donors (Lipinski definition) is 1. The highest BCUT2D eigenvalue weighted by molar-refractivity contribution is 5.95. The third-order valence-electron chi connectivity index (χ3n) is 5.10. The second kappa shape index (κ2) is 9.74. The molecule has 3 amide bonds. The summed E-state index contributed by atoms with van der Waals surface area (Å²) >= 11 is 0. The molecule has 0 bridgehead atoms. The minimum absolute atomic E-state index is 0.0549. The minimum atomic E-state index is -0.251. The molecule has 0 spiro atoms. The summed E-state index contributed by atoms with van der Waals surface area (Å²) in [6.07, 6.45) is 4.49. The number of likely N-dealkylation sites (tertiary alicyclic amines) is 1. The first-order valence-corrected chi connectivity index (χ1v) is 9.97. The molecule has 1 fully saturated rings. The maximum Gasteiger partial charge on any atom is 0.321 e. The van der Waals surface area contributed by atoms with E-state index in [1.54, 1.807) is 54.4 Å². The molecule has 1 N–H and O–H groups in total. The van der Waals surface area contributed by atoms with Crippen LogP contribution >= 0.6 is 0 Å². The molecule has 150 valence electrons. The van der Waals surface area contributed by atoms with Gasteiger partial charge in [0.15, 0.2) is 0 Å². The van der Waals surface area contributed by atoms with Gasteiger partial charge in [-0.15, -0.1) is 0 Å². The van der Waals surface area contributed by atoms with Crippen LogP contribution in [0.25, 0.3) is 0 Å². The zero-order valence-corrected chi connectivity index (χ0v) is 16.7. The number of urea groups is 1. The van der Waals surface area contributed by atoms with Crippen molar-refractivity contribution in [1.82, 2.24) is 9.80 Å². The standard InChI is InChI=1S/C23H26N4O2/c1-26(17-19-8-6-7-18(15-19)16-24)23(29)25-21-11-9-20(10-12-21)22(28)27-13-4-2-3-5-14-27/h6-12,15H,2-5,13-14,17H2,1H3,(H,25,29). The summed E-state index contributed by atoms with van der Waals surface area (Å²) in [5.74, 6) is 0.0549. The summed E-state index contributed by atoms with van der Waals surface area (Å²) in [6, 6.07) is 16.1. The fourth-order valence-electron chi connectivity index (χ4n) is 3.46. The Morgan fingerprint density at radius 2 is 1.76 bits per heavy atom. The van der Waals surface area contributed by atoms with E-state index >= 15 is 0 Å². The number of nitrogens with one attached hydrogen (secondary N) is 1. The van der Waals surface area contributed by atoms with Gasteiger partial charge in [0.1, 0.15) is 0 Å². The number of carbonyl (C=O) groups excluding carboxylic acids is 2. The van der Waals surface area contributed by atoms with Crippen molar-refractivity contribution in [3.8, 4) is 6.07 Å². The van der Waals surface area contributed by atoms with E-state index in [1.807, 2.05) is 11.0 Å². The highest BCUT2D eigenvalue weighted by atomic mass is 16.2. The summed E-state index contributed by atoms with van der Waals surface area (Å²) in [5, 5.41) is 11.8. The number of rotatable bonds is 4. The third kappa shape index (κ3) is 5.58. The van der Waals surface area contributed by atoms with Crippen LogP contribution in [-0.4, -0.2) is 41.9 Å². The van der Waals surface area contributed by atoms with Crippen molar-refractivity contribution in [1.29, 1.82) is 5.26 Å². The lowest BCUT2D eigenvalue weighted by Gasteiger charge is -2.21. The highest BCUT2D eigenvalue weighted by Crippen LogP contribution is 2.16. The summed E-state index contributed by atoms with van der Waals surface area (Å²) in [5.41, 5.74) is 2.74. The zero-order valence-electron chi connectivity index (χ0n) is 16.7. The van der Waals surface area contributed by atoms with Gasteiger partial charge >= 0.3 is 6.03 Å². The van der Waals surface area contributed by atoms with Gasteiger partial charge < -0.3 is 15.1 Å². The van der Waals surface area contributed by atoms with E-state index in [9.17, 15) is 9.59 Å². The van der Waals surface area contributed by atoms with E-state index in [2.05, 4.69) is 11.4 Å². The van der Waals surface area contributed by atoms with Crippen LogP contribution in [0.1, 0.15) is 47.2 Å². The topological polar surface area (TPSA) is 76.4 Å². The van der Waals surface area contributed by atoms with Crippen molar-refractivity contribution < 1.29 is 9.59 Å². The molecule has 1 saturated heterocycles. The Kier molecular flexibility index (Phi) is 6.85. The fourth-order valence-corrected chi connectivity index (χ4v) is 3.46. The zero-order chi connectivity index (χ0) is 20.6. The Bertz CT molecular complexity index is 894. The number of amides is 3. The van der Waals surface area contributed by atoms with Crippen molar-refractivity contribution >= 4 is 17.6 Å². The second-order valence-electron chi connectivity index (χ2n) is 7.38. The van der Waals surface area contributed by atoms with Crippen LogP contribution in [0.15, 0.2) is 48.5 Å². The van der Waals surface area contributed by atoms with E-state index in [1.165, 1.54) is 12.8 Å². The van der Waals surface area contributed by atoms with Gasteiger partial charge in [-0.05, 0) is 54.8 Å². The Labute approximate surface area is 171 Å². The molecule has 6 nitrogen and oxygen atoms in total. The summed E-state index contributed by atoms with van der Waals surface area (Å²) in [7, 11) is 1.70. The van der Waals surface area contributed by atoms with Crippen LogP contribution in [0.5, 0.6) is 0 Å². The molecule has 0 aromatic heterocycles. The molecule has 0 aliphatic carbocycles. The molecule has 6 heteroatoms. The van der Waals surface area contributed by atoms with Gasteiger partial charge in [0.25, 0.3) is 5.91 Å². The van der Waals surface area contributed by atoms with Crippen LogP contribution in [0.3, 0.4) is 0 Å². The number of benzene rings is 2. The monoisotopic (exact) mass is 390 g/mol. The van der Waals surface area contributed by atoms with Crippen molar-refractivity contribution in [2.45, 2.75) is 32.2 Å². The predicted molar refractivity (Wildman–Crippen MR) is 112 cm³/mol. The first-order valence-electron chi connectivity index (χ1n) is 9.97. The molecule has 0 atom stereocenters. The molecule has 0 unspecified atom stereocenters. The maximum atomic E-state index is 12.7. The SMILES string of the molecule is CN(Cc1cccc(C#N)c1)C(=O)Nc1ccc(C(=O)N2CCCCCC2)cc1. The average Bonchev–Trinajstić information content (AvgIpc) is 3.03. The predicted octanol–water partition coefficient (Wildman–Crippen LogP) is 4.24. The van der Waals surface area contributed by atoms with Gasteiger partial charge in [0, 0.05) is 37.9 Å². The smallest absolute Gasteiger partial charge is 0.321 e. The van der Waals surface area contributed by atoms with E-state index in [-0.39, 0.29) is 11.9 Å². The fraction of sp³-hybridized carbons (Fsp3) is 0.348. The molecule has 1 heterocycles. The Morgan fingerprint density at radius 1 is 1.07 bits per heavy atom. The van der Waals surface area contributed by atoms with Gasteiger partial charge in [-0.25, -0.2) is 4.79 Å². The molecule has 1 aliphatic heterocycles. The van der Waals surface area contributed by atoms with Crippen LogP contribution in [0.4, 0.5) is 10.5 Å². The quantitative estimate of drug-likeness (QED) is 0.848. The molecule has 2 aromatic rings. The van der Waals surface area contributed by atoms with Gasteiger partial charge in [-0.2, -0.15) is 5.26 Å². The van der Waals surface area contributed by atoms with Crippen LogP contribution in [-0.2, 0) is 6.54 Å². The molecular weight excluding hydrogens is 364 g/mol. The van der Waals surface area contributed by atoms with E-state index in [4.69, 9.17) is 5.26 Å². The lowest BCUT2D eigenvalue weighted by Crippen LogP contribution is -2.32. The van der Waals surface area contributed by atoms with Gasteiger partial charge in [0.2, 0.25) is 0 Å². The molecule has 29 heavy (non-hydrogen) atoms. The van der Waals surface area contributed by atoms with Crippen molar-refractivity contribution in [2.24, 2.45) is 0 Å². The van der Waals surface area contributed by atoms with Gasteiger partial charge in [-0.1, -0.05) is 25.0 Å². The normalized spacial score (nSPS) is 13.9. The van der Waals surface area contributed by atoms with Crippen LogP contribution in [0.2, 0.25) is 0 Å². The third-order valence-corrected chi connectivity index (χ3v) is 5.10. The van der Waals surface area contributed by atoms with Gasteiger partial charge in [-0.3, -0.25) is 4.79 Å². The average molecular weight is 390 g/mol. The lowest BCUT2D eigenvalue weighted by molar-refractivity contribution is 0.0761. The van der Waals surface area contributed by atoms with E-state index < -0.39 is 0 Å². The maximum absolute atomic E-state index is 12.7. The van der Waals surface area contributed by atoms with Crippen molar-refractivity contribution in [3.05, 3.63) is 65.2 Å². The molecule has 0 radical (unpaired) electrons. The lowest BCUT2D eigenvalue weighted by atomic mass is 10.1. The number of anilines is 1. The van der Waals surface area contributed by atoms with Crippen molar-refractivity contribution in [3.63, 3.8) is 0 Å². The van der Waals surface area contributed by atoms with Crippen molar-refractivity contribution in [2.75, 3.05) is 25.5 Å². The summed E-state index contributed by atoms with van der Waals surface area (Å²) in [4.78, 5) is 28.6. The number of carbonyl (C=O) groups is 2. The van der Waals surface area contributed by atoms with E-state index in [0.717, 1.165) is 31.5 Å². The van der Waals surface area contributed by atoms with Crippen LogP contribution < -0.4 is 5.32 Å². The first kappa shape index (κ1) is 20.4. The molecule has 1 aliphatic rings. The Balaban J connectivity index is 1.57. The Hall–Kier alpha value is -3.33. The van der Waals surface area contributed by atoms with E-state index in [0.29, 0.717) is 23.4 Å². The minimum Gasteiger partial charge on any atom is -0.339 e. The second-order valence-corrected chi connectivity index (χ2v) is 7.38. The molecule has 0 saturated carbocycles. The molecular formula is C23H26N4O2. The number of nitriles is 1. The molecule has 2 aromatic carbocycles. The first-order chi connectivity index (χ1) is 14.1. The summed E-state index contributed by atoms with van der Waals surface area (Å²) in [6.45, 7) is 2.02. The number of hydrogen-bond acceptors (Lipinski definition) is 3. The Morgan fingerprint density at radius 3 is 2.41 bits per heavy atom. The highest BCUT2D eigenvalue weighted by Gasteiger charge is 2.17. The molecule has 3 rings (SSSR count). The summed E-state index contributed by atoms with van der Waals surface area (Å²) < 4.78 is 0. The van der Waals surface area contributed by atoms with Crippen LogP contribution in [0, 0.1) is 11.3 Å².